The van der Waals surface area contributed by atoms with Crippen LogP contribution in [0.4, 0.5) is 4.39 Å². The molecule has 2 aromatic carbocycles. The number of aromatic nitrogens is 1. The van der Waals surface area contributed by atoms with E-state index in [1.54, 1.807) is 25.5 Å². The van der Waals surface area contributed by atoms with E-state index in [1.165, 1.54) is 17.7 Å². The minimum atomic E-state index is -0.282. The summed E-state index contributed by atoms with van der Waals surface area (Å²) >= 11 is 0. The third-order valence-corrected chi connectivity index (χ3v) is 4.49. The molecular weight excluding hydrogens is 510 g/mol. The number of halogens is 2. The highest BCUT2D eigenvalue weighted by atomic mass is 127. The molecule has 0 unspecified atom stereocenters. The van der Waals surface area contributed by atoms with Crippen LogP contribution in [0, 0.1) is 5.82 Å². The van der Waals surface area contributed by atoms with Crippen LogP contribution in [0.25, 0.3) is 11.5 Å². The minimum absolute atomic E-state index is 0. The van der Waals surface area contributed by atoms with E-state index in [0.29, 0.717) is 18.9 Å². The van der Waals surface area contributed by atoms with Crippen LogP contribution in [0.1, 0.15) is 18.2 Å². The van der Waals surface area contributed by atoms with Crippen molar-refractivity contribution in [2.24, 2.45) is 4.99 Å². The number of hydrogen-bond acceptors (Lipinski definition) is 4. The van der Waals surface area contributed by atoms with E-state index in [2.05, 4.69) is 32.7 Å². The highest BCUT2D eigenvalue weighted by molar-refractivity contribution is 14.0. The molecule has 0 amide bonds. The van der Waals surface area contributed by atoms with Crippen molar-refractivity contribution in [3.8, 4) is 17.2 Å². The first kappa shape index (κ1) is 24.6. The van der Waals surface area contributed by atoms with Crippen molar-refractivity contribution in [1.29, 1.82) is 0 Å². The van der Waals surface area contributed by atoms with Gasteiger partial charge in [-0.2, -0.15) is 0 Å². The molecule has 0 fully saturated rings. The van der Waals surface area contributed by atoms with Gasteiger partial charge in [0.05, 0.1) is 12.8 Å². The van der Waals surface area contributed by atoms with Crippen LogP contribution in [0.2, 0.25) is 0 Å². The SMILES string of the molecule is CCNC(=NCCc1coc(-c2ccc(F)cc2)n1)NCCc1ccc(OC)cc1.I. The van der Waals surface area contributed by atoms with E-state index in [4.69, 9.17) is 9.15 Å². The van der Waals surface area contributed by atoms with Crippen molar-refractivity contribution in [2.75, 3.05) is 26.7 Å². The third-order valence-electron chi connectivity index (χ3n) is 4.49. The van der Waals surface area contributed by atoms with Crippen LogP contribution in [-0.2, 0) is 12.8 Å². The van der Waals surface area contributed by atoms with Gasteiger partial charge < -0.3 is 19.8 Å². The van der Waals surface area contributed by atoms with Crippen molar-refractivity contribution in [3.63, 3.8) is 0 Å². The minimum Gasteiger partial charge on any atom is -0.497 e. The van der Waals surface area contributed by atoms with Crippen LogP contribution < -0.4 is 15.4 Å². The van der Waals surface area contributed by atoms with Crippen LogP contribution >= 0.6 is 24.0 Å². The van der Waals surface area contributed by atoms with Gasteiger partial charge in [-0.15, -0.1) is 24.0 Å². The Hall–Kier alpha value is -2.62. The maximum atomic E-state index is 13.0. The van der Waals surface area contributed by atoms with Gasteiger partial charge in [0.2, 0.25) is 5.89 Å². The lowest BCUT2D eigenvalue weighted by Gasteiger charge is -2.11. The highest BCUT2D eigenvalue weighted by Crippen LogP contribution is 2.19. The Morgan fingerprint density at radius 3 is 2.48 bits per heavy atom. The molecule has 3 rings (SSSR count). The maximum absolute atomic E-state index is 13.0. The predicted molar refractivity (Wildman–Crippen MR) is 132 cm³/mol. The average molecular weight is 538 g/mol. The highest BCUT2D eigenvalue weighted by Gasteiger charge is 2.07. The summed E-state index contributed by atoms with van der Waals surface area (Å²) in [6, 6.07) is 14.1. The number of ether oxygens (including phenoxy) is 1. The van der Waals surface area contributed by atoms with E-state index >= 15 is 0 Å². The smallest absolute Gasteiger partial charge is 0.226 e. The Bertz CT molecular complexity index is 943. The molecule has 0 spiro atoms. The van der Waals surface area contributed by atoms with Crippen LogP contribution in [0.5, 0.6) is 5.75 Å². The molecule has 2 N–H and O–H groups in total. The third kappa shape index (κ3) is 7.86. The fourth-order valence-electron chi connectivity index (χ4n) is 2.89. The van der Waals surface area contributed by atoms with E-state index in [-0.39, 0.29) is 29.8 Å². The summed E-state index contributed by atoms with van der Waals surface area (Å²) in [5.41, 5.74) is 2.79. The number of oxazole rings is 1. The molecule has 31 heavy (non-hydrogen) atoms. The lowest BCUT2D eigenvalue weighted by Crippen LogP contribution is -2.38. The molecule has 0 aliphatic heterocycles. The van der Waals surface area contributed by atoms with Gasteiger partial charge in [0.15, 0.2) is 5.96 Å². The van der Waals surface area contributed by atoms with E-state index in [0.717, 1.165) is 42.5 Å². The number of methoxy groups -OCH3 is 1. The zero-order valence-corrected chi connectivity index (χ0v) is 20.1. The normalized spacial score (nSPS) is 11.0. The Balaban J connectivity index is 0.00000341. The number of guanidine groups is 1. The van der Waals surface area contributed by atoms with Crippen LogP contribution in [-0.4, -0.2) is 37.7 Å². The summed E-state index contributed by atoms with van der Waals surface area (Å²) in [4.78, 5) is 9.06. The molecule has 6 nitrogen and oxygen atoms in total. The lowest BCUT2D eigenvalue weighted by molar-refractivity contribution is 0.414. The second kappa shape index (κ2) is 12.9. The average Bonchev–Trinajstić information content (AvgIpc) is 3.23. The topological polar surface area (TPSA) is 71.7 Å². The molecule has 1 aromatic heterocycles. The van der Waals surface area contributed by atoms with Gasteiger partial charge in [-0.1, -0.05) is 12.1 Å². The van der Waals surface area contributed by atoms with Crippen molar-refractivity contribution >= 4 is 29.9 Å². The molecule has 0 bridgehead atoms. The summed E-state index contributed by atoms with van der Waals surface area (Å²) in [5.74, 6) is 1.83. The molecule has 0 saturated carbocycles. The molecular formula is C23H28FIN4O2. The van der Waals surface area contributed by atoms with Gasteiger partial charge in [0, 0.05) is 31.6 Å². The molecule has 8 heteroatoms. The first-order valence-electron chi connectivity index (χ1n) is 10.0. The number of benzene rings is 2. The zero-order valence-electron chi connectivity index (χ0n) is 17.7. The van der Waals surface area contributed by atoms with Gasteiger partial charge >= 0.3 is 0 Å². The van der Waals surface area contributed by atoms with Crippen molar-refractivity contribution in [2.45, 2.75) is 19.8 Å². The number of hydrogen-bond donors (Lipinski definition) is 2. The summed E-state index contributed by atoms with van der Waals surface area (Å²) in [7, 11) is 1.67. The Kier molecular flexibility index (Phi) is 10.3. The summed E-state index contributed by atoms with van der Waals surface area (Å²) < 4.78 is 23.7. The lowest BCUT2D eigenvalue weighted by atomic mass is 10.1. The largest absolute Gasteiger partial charge is 0.497 e. The quantitative estimate of drug-likeness (QED) is 0.240. The van der Waals surface area contributed by atoms with E-state index in [9.17, 15) is 4.39 Å². The molecule has 166 valence electrons. The molecule has 1 heterocycles. The summed E-state index contributed by atoms with van der Waals surface area (Å²) in [5, 5.41) is 6.60. The van der Waals surface area contributed by atoms with Crippen LogP contribution in [0.3, 0.4) is 0 Å². The van der Waals surface area contributed by atoms with E-state index in [1.807, 2.05) is 19.1 Å². The monoisotopic (exact) mass is 538 g/mol. The molecule has 0 aliphatic rings. The standard InChI is InChI=1S/C23H27FN4O2.HI/c1-3-25-23(26-14-12-17-4-10-21(29-2)11-5-17)27-15-13-20-16-30-22(28-20)18-6-8-19(24)9-7-18;/h4-11,16H,3,12-15H2,1-2H3,(H2,25,26,27);1H. The molecule has 0 atom stereocenters. The van der Waals surface area contributed by atoms with Gasteiger partial charge in [0.25, 0.3) is 0 Å². The second-order valence-electron chi connectivity index (χ2n) is 6.69. The Morgan fingerprint density at radius 2 is 1.81 bits per heavy atom. The van der Waals surface area contributed by atoms with Crippen molar-refractivity contribution < 1.29 is 13.5 Å². The van der Waals surface area contributed by atoms with E-state index < -0.39 is 0 Å². The number of nitrogens with zero attached hydrogens (tertiary/aromatic N) is 2. The predicted octanol–water partition coefficient (Wildman–Crippen LogP) is 4.45. The summed E-state index contributed by atoms with van der Waals surface area (Å²) in [6.07, 6.45) is 3.16. The molecule has 3 aromatic rings. The van der Waals surface area contributed by atoms with Gasteiger partial charge in [-0.3, -0.25) is 4.99 Å². The van der Waals surface area contributed by atoms with Gasteiger partial charge in [0.1, 0.15) is 17.8 Å². The first-order valence-corrected chi connectivity index (χ1v) is 10.0. The zero-order chi connectivity index (χ0) is 21.2. The summed E-state index contributed by atoms with van der Waals surface area (Å²) in [6.45, 7) is 4.17. The first-order chi connectivity index (χ1) is 14.7. The van der Waals surface area contributed by atoms with Crippen LogP contribution in [0.15, 0.2) is 64.2 Å². The van der Waals surface area contributed by atoms with Gasteiger partial charge in [-0.25, -0.2) is 9.37 Å². The van der Waals surface area contributed by atoms with Crippen molar-refractivity contribution in [3.05, 3.63) is 71.9 Å². The number of rotatable bonds is 9. The molecule has 0 radical (unpaired) electrons. The Labute approximate surface area is 199 Å². The van der Waals surface area contributed by atoms with Crippen molar-refractivity contribution in [1.82, 2.24) is 15.6 Å². The maximum Gasteiger partial charge on any atom is 0.226 e. The fraction of sp³-hybridized carbons (Fsp3) is 0.304. The Morgan fingerprint density at radius 1 is 1.06 bits per heavy atom. The second-order valence-corrected chi connectivity index (χ2v) is 6.69. The number of nitrogens with one attached hydrogen (secondary N) is 2. The van der Waals surface area contributed by atoms with Gasteiger partial charge in [-0.05, 0) is 55.3 Å². The molecule has 0 saturated heterocycles. The molecule has 0 aliphatic carbocycles. The fourth-order valence-corrected chi connectivity index (χ4v) is 2.89. The number of aliphatic imine (C=N–C) groups is 1.